The van der Waals surface area contributed by atoms with Crippen molar-refractivity contribution in [2.45, 2.75) is 70.8 Å². The topological polar surface area (TPSA) is 46.6 Å². The molecular formula is C16H27NO3. The van der Waals surface area contributed by atoms with Crippen LogP contribution < -0.4 is 0 Å². The first-order valence-corrected chi connectivity index (χ1v) is 8.12. The van der Waals surface area contributed by atoms with Crippen LogP contribution in [0, 0.1) is 5.92 Å². The summed E-state index contributed by atoms with van der Waals surface area (Å²) in [5.74, 6) is 0.529. The van der Waals surface area contributed by atoms with Gasteiger partial charge in [0.25, 0.3) is 0 Å². The molecule has 1 amide bonds. The summed E-state index contributed by atoms with van der Waals surface area (Å²) >= 11 is 0. The average molecular weight is 281 g/mol. The van der Waals surface area contributed by atoms with E-state index >= 15 is 0 Å². The van der Waals surface area contributed by atoms with Crippen molar-refractivity contribution in [1.82, 2.24) is 4.90 Å². The molecule has 0 aromatic heterocycles. The molecule has 2 rings (SSSR count). The first-order valence-electron chi connectivity index (χ1n) is 8.12. The Balaban J connectivity index is 1.78. The zero-order valence-electron chi connectivity index (χ0n) is 12.6. The minimum absolute atomic E-state index is 0.0658. The zero-order chi connectivity index (χ0) is 14.4. The van der Waals surface area contributed by atoms with Crippen LogP contribution in [0.25, 0.3) is 0 Å². The zero-order valence-corrected chi connectivity index (χ0v) is 12.6. The van der Waals surface area contributed by atoms with Gasteiger partial charge in [-0.3, -0.25) is 9.59 Å². The van der Waals surface area contributed by atoms with E-state index in [9.17, 15) is 9.59 Å². The molecule has 2 fully saturated rings. The lowest BCUT2D eigenvalue weighted by molar-refractivity contribution is -0.155. The Labute approximate surface area is 121 Å². The number of esters is 1. The number of nitrogens with zero attached hydrogens (tertiary/aromatic N) is 1. The van der Waals surface area contributed by atoms with E-state index in [1.54, 1.807) is 4.90 Å². The second-order valence-electron chi connectivity index (χ2n) is 6.36. The van der Waals surface area contributed by atoms with Crippen LogP contribution in [0.2, 0.25) is 0 Å². The molecule has 0 bridgehead atoms. The lowest BCUT2D eigenvalue weighted by Gasteiger charge is -2.28. The fourth-order valence-corrected chi connectivity index (χ4v) is 3.25. The van der Waals surface area contributed by atoms with Gasteiger partial charge in [-0.1, -0.05) is 26.2 Å². The maximum Gasteiger partial charge on any atom is 0.325 e. The van der Waals surface area contributed by atoms with Gasteiger partial charge in [0, 0.05) is 13.0 Å². The number of likely N-dealkylation sites (tertiary alicyclic amines) is 1. The van der Waals surface area contributed by atoms with Crippen LogP contribution in [-0.4, -0.2) is 36.0 Å². The van der Waals surface area contributed by atoms with Crippen LogP contribution in [0.15, 0.2) is 0 Å². The molecule has 1 saturated heterocycles. The molecule has 2 atom stereocenters. The van der Waals surface area contributed by atoms with E-state index in [-0.39, 0.29) is 24.5 Å². The van der Waals surface area contributed by atoms with E-state index < -0.39 is 0 Å². The van der Waals surface area contributed by atoms with E-state index in [4.69, 9.17) is 4.74 Å². The Hall–Kier alpha value is -1.06. The molecule has 0 radical (unpaired) electrons. The predicted octanol–water partition coefficient (Wildman–Crippen LogP) is 2.90. The lowest BCUT2D eigenvalue weighted by Crippen LogP contribution is -2.39. The van der Waals surface area contributed by atoms with Gasteiger partial charge < -0.3 is 9.64 Å². The molecule has 4 heteroatoms. The summed E-state index contributed by atoms with van der Waals surface area (Å²) < 4.78 is 5.55. The molecule has 0 aromatic carbocycles. The number of hydrogen-bond acceptors (Lipinski definition) is 3. The van der Waals surface area contributed by atoms with Crippen molar-refractivity contribution < 1.29 is 14.3 Å². The van der Waals surface area contributed by atoms with Gasteiger partial charge in [-0.25, -0.2) is 0 Å². The first kappa shape index (κ1) is 15.3. The van der Waals surface area contributed by atoms with Crippen molar-refractivity contribution in [3.8, 4) is 0 Å². The SMILES string of the molecule is CC1CCCC(OC(=O)CN2CCCCCCC2=O)C1. The molecule has 0 spiro atoms. The van der Waals surface area contributed by atoms with Crippen LogP contribution in [0.3, 0.4) is 0 Å². The third kappa shape index (κ3) is 4.80. The Bertz CT molecular complexity index is 343. The minimum atomic E-state index is -0.224. The van der Waals surface area contributed by atoms with E-state index in [0.29, 0.717) is 18.9 Å². The van der Waals surface area contributed by atoms with Crippen LogP contribution in [0.1, 0.15) is 64.7 Å². The normalized spacial score (nSPS) is 28.6. The maximum absolute atomic E-state index is 12.0. The second-order valence-corrected chi connectivity index (χ2v) is 6.36. The predicted molar refractivity (Wildman–Crippen MR) is 77.2 cm³/mol. The highest BCUT2D eigenvalue weighted by Crippen LogP contribution is 2.25. The van der Waals surface area contributed by atoms with Gasteiger partial charge in [-0.05, 0) is 38.0 Å². The van der Waals surface area contributed by atoms with Crippen LogP contribution in [-0.2, 0) is 14.3 Å². The molecule has 4 nitrogen and oxygen atoms in total. The van der Waals surface area contributed by atoms with Crippen molar-refractivity contribution in [3.63, 3.8) is 0 Å². The summed E-state index contributed by atoms with van der Waals surface area (Å²) in [6.45, 7) is 3.06. The molecule has 1 aliphatic carbocycles. The van der Waals surface area contributed by atoms with E-state index in [2.05, 4.69) is 6.92 Å². The van der Waals surface area contributed by atoms with Crippen LogP contribution >= 0.6 is 0 Å². The third-order valence-corrected chi connectivity index (χ3v) is 4.43. The van der Waals surface area contributed by atoms with Crippen molar-refractivity contribution in [1.29, 1.82) is 0 Å². The second kappa shape index (κ2) is 7.65. The van der Waals surface area contributed by atoms with E-state index in [0.717, 1.165) is 44.9 Å². The summed E-state index contributed by atoms with van der Waals surface area (Å²) in [6.07, 6.45) is 9.20. The third-order valence-electron chi connectivity index (χ3n) is 4.43. The fraction of sp³-hybridized carbons (Fsp3) is 0.875. The molecule has 1 aliphatic heterocycles. The number of rotatable bonds is 3. The number of carbonyl (C=O) groups excluding carboxylic acids is 2. The molecule has 114 valence electrons. The molecule has 1 heterocycles. The summed E-state index contributed by atoms with van der Waals surface area (Å²) in [4.78, 5) is 25.7. The monoisotopic (exact) mass is 281 g/mol. The Morgan fingerprint density at radius 3 is 2.80 bits per heavy atom. The molecule has 1 saturated carbocycles. The van der Waals surface area contributed by atoms with Gasteiger partial charge in [-0.15, -0.1) is 0 Å². The molecular weight excluding hydrogens is 254 g/mol. The summed E-state index contributed by atoms with van der Waals surface area (Å²) in [6, 6.07) is 0. The Morgan fingerprint density at radius 1 is 1.20 bits per heavy atom. The standard InChI is InChI=1S/C16H27NO3/c1-13-7-6-8-14(11-13)20-16(19)12-17-10-5-3-2-4-9-15(17)18/h13-14H,2-12H2,1H3. The van der Waals surface area contributed by atoms with E-state index in [1.165, 1.54) is 6.42 Å². The highest BCUT2D eigenvalue weighted by atomic mass is 16.5. The smallest absolute Gasteiger partial charge is 0.325 e. The van der Waals surface area contributed by atoms with Gasteiger partial charge >= 0.3 is 5.97 Å². The molecule has 0 N–H and O–H groups in total. The quantitative estimate of drug-likeness (QED) is 0.747. The first-order chi connectivity index (χ1) is 9.65. The Kier molecular flexibility index (Phi) is 5.86. The lowest BCUT2D eigenvalue weighted by atomic mass is 9.89. The average Bonchev–Trinajstić information content (AvgIpc) is 2.38. The Morgan fingerprint density at radius 2 is 2.00 bits per heavy atom. The van der Waals surface area contributed by atoms with Gasteiger partial charge in [0.05, 0.1) is 0 Å². The molecule has 2 aliphatic rings. The minimum Gasteiger partial charge on any atom is -0.461 e. The highest BCUT2D eigenvalue weighted by Gasteiger charge is 2.24. The number of hydrogen-bond donors (Lipinski definition) is 0. The molecule has 0 aromatic rings. The van der Waals surface area contributed by atoms with Gasteiger partial charge in [-0.2, -0.15) is 0 Å². The van der Waals surface area contributed by atoms with Crippen LogP contribution in [0.4, 0.5) is 0 Å². The number of carbonyl (C=O) groups is 2. The van der Waals surface area contributed by atoms with Gasteiger partial charge in [0.2, 0.25) is 5.91 Å². The summed E-state index contributed by atoms with van der Waals surface area (Å²) in [5, 5.41) is 0. The van der Waals surface area contributed by atoms with Crippen molar-refractivity contribution in [3.05, 3.63) is 0 Å². The van der Waals surface area contributed by atoms with Crippen molar-refractivity contribution >= 4 is 11.9 Å². The van der Waals surface area contributed by atoms with Gasteiger partial charge in [0.1, 0.15) is 12.6 Å². The van der Waals surface area contributed by atoms with Crippen molar-refractivity contribution in [2.24, 2.45) is 5.92 Å². The van der Waals surface area contributed by atoms with Gasteiger partial charge in [0.15, 0.2) is 0 Å². The largest absolute Gasteiger partial charge is 0.461 e. The number of ether oxygens (including phenoxy) is 1. The molecule has 20 heavy (non-hydrogen) atoms. The highest BCUT2D eigenvalue weighted by molar-refractivity contribution is 5.82. The summed E-state index contributed by atoms with van der Waals surface area (Å²) in [7, 11) is 0. The fourth-order valence-electron chi connectivity index (χ4n) is 3.25. The maximum atomic E-state index is 12.0. The van der Waals surface area contributed by atoms with Crippen molar-refractivity contribution in [2.75, 3.05) is 13.1 Å². The summed E-state index contributed by atoms with van der Waals surface area (Å²) in [5.41, 5.74) is 0. The number of amides is 1. The molecule has 2 unspecified atom stereocenters. The van der Waals surface area contributed by atoms with E-state index in [1.807, 2.05) is 0 Å². The van der Waals surface area contributed by atoms with Crippen LogP contribution in [0.5, 0.6) is 0 Å².